The lowest BCUT2D eigenvalue weighted by atomic mass is 10.6. The Morgan fingerprint density at radius 3 is 3.33 bits per heavy atom. The average Bonchev–Trinajstić information content (AvgIpc) is 2.35. The van der Waals surface area contributed by atoms with Crippen LogP contribution in [0.3, 0.4) is 0 Å². The van der Waals surface area contributed by atoms with Gasteiger partial charge >= 0.3 is 5.84 Å². The second kappa shape index (κ2) is 1.34. The molecule has 0 radical (unpaired) electrons. The van der Waals surface area contributed by atoms with Crippen molar-refractivity contribution in [2.24, 2.45) is 0 Å². The van der Waals surface area contributed by atoms with Crippen LogP contribution in [0.1, 0.15) is 5.69 Å². The summed E-state index contributed by atoms with van der Waals surface area (Å²) in [5, 5.41) is 7.33. The molecule has 9 heavy (non-hydrogen) atoms. The normalized spacial score (nSPS) is 10.8. The largest absolute Gasteiger partial charge is 0.430 e. The van der Waals surface area contributed by atoms with E-state index in [1.54, 1.807) is 17.0 Å². The van der Waals surface area contributed by atoms with Gasteiger partial charge in [-0.05, 0) is 6.92 Å². The van der Waals surface area contributed by atoms with Gasteiger partial charge in [0.2, 0.25) is 0 Å². The summed E-state index contributed by atoms with van der Waals surface area (Å²) in [5.74, 6) is 0.549. The number of aromatic nitrogens is 3. The van der Waals surface area contributed by atoms with Crippen molar-refractivity contribution in [2.75, 3.05) is 0 Å². The molecule has 0 unspecified atom stereocenters. The lowest BCUT2D eigenvalue weighted by molar-refractivity contribution is 0.591. The van der Waals surface area contributed by atoms with Crippen LogP contribution in [0, 0.1) is 6.92 Å². The van der Waals surface area contributed by atoms with Crippen molar-refractivity contribution in [3.63, 3.8) is 0 Å². The van der Waals surface area contributed by atoms with Gasteiger partial charge in [0.1, 0.15) is 12.6 Å². The Labute approximate surface area is 51.1 Å². The van der Waals surface area contributed by atoms with Crippen molar-refractivity contribution in [1.82, 2.24) is 14.6 Å². The number of aryl methyl sites for hydroxylation is 1. The monoisotopic (exact) mass is 123 g/mol. The highest BCUT2D eigenvalue weighted by Crippen LogP contribution is 2.03. The molecule has 2 aromatic heterocycles. The molecule has 2 heterocycles. The highest BCUT2D eigenvalue weighted by molar-refractivity contribution is 5.22. The third-order valence-electron chi connectivity index (χ3n) is 1.23. The maximum atomic E-state index is 4.98. The molecule has 0 aliphatic rings. The predicted octanol–water partition coefficient (Wildman–Crippen LogP) is 0.631. The third kappa shape index (κ3) is 0.468. The minimum atomic E-state index is 0.549. The second-order valence-electron chi connectivity index (χ2n) is 1.86. The minimum Gasteiger partial charge on any atom is -0.430 e. The Morgan fingerprint density at radius 1 is 1.67 bits per heavy atom. The van der Waals surface area contributed by atoms with Crippen LogP contribution in [-0.2, 0) is 0 Å². The number of oxazole rings is 1. The molecular weight excluding hydrogens is 118 g/mol. The molecule has 2 rings (SSSR count). The van der Waals surface area contributed by atoms with Crippen molar-refractivity contribution >= 4 is 5.84 Å². The van der Waals surface area contributed by atoms with E-state index in [1.165, 1.54) is 0 Å². The van der Waals surface area contributed by atoms with Crippen LogP contribution in [0.25, 0.3) is 5.84 Å². The summed E-state index contributed by atoms with van der Waals surface area (Å²) in [5.41, 5.74) is 1.01. The van der Waals surface area contributed by atoms with E-state index in [4.69, 9.17) is 4.42 Å². The smallest absolute Gasteiger partial charge is 0.326 e. The van der Waals surface area contributed by atoms with Gasteiger partial charge in [0, 0.05) is 0 Å². The van der Waals surface area contributed by atoms with Crippen molar-refractivity contribution in [1.29, 1.82) is 0 Å². The second-order valence-corrected chi connectivity index (χ2v) is 1.86. The standard InChI is InChI=1S/C5H5N3O/c1-4-2-9-5-7-6-3-8(4)5/h2-3H,1H3. The first-order valence-corrected chi connectivity index (χ1v) is 2.62. The van der Waals surface area contributed by atoms with Gasteiger partial charge < -0.3 is 4.42 Å². The van der Waals surface area contributed by atoms with E-state index in [1.807, 2.05) is 6.92 Å². The fraction of sp³-hybridized carbons (Fsp3) is 0.200. The number of hydrogen-bond acceptors (Lipinski definition) is 3. The zero-order valence-electron chi connectivity index (χ0n) is 4.90. The number of hydrogen-bond donors (Lipinski definition) is 0. The van der Waals surface area contributed by atoms with E-state index < -0.39 is 0 Å². The Bertz CT molecular complexity index is 321. The lowest BCUT2D eigenvalue weighted by Crippen LogP contribution is -1.77. The Kier molecular flexibility index (Phi) is 0.677. The van der Waals surface area contributed by atoms with Gasteiger partial charge in [0.25, 0.3) is 0 Å². The van der Waals surface area contributed by atoms with E-state index in [-0.39, 0.29) is 0 Å². The molecule has 2 aromatic rings. The fourth-order valence-electron chi connectivity index (χ4n) is 0.741. The summed E-state index contributed by atoms with van der Waals surface area (Å²) in [4.78, 5) is 0. The summed E-state index contributed by atoms with van der Waals surface area (Å²) in [7, 11) is 0. The molecule has 46 valence electrons. The Hall–Kier alpha value is -1.32. The topological polar surface area (TPSA) is 43.3 Å². The highest BCUT2D eigenvalue weighted by atomic mass is 16.3. The predicted molar refractivity (Wildman–Crippen MR) is 30.0 cm³/mol. The van der Waals surface area contributed by atoms with Crippen LogP contribution in [0.2, 0.25) is 0 Å². The average molecular weight is 123 g/mol. The quantitative estimate of drug-likeness (QED) is 0.516. The Morgan fingerprint density at radius 2 is 2.56 bits per heavy atom. The molecule has 0 bridgehead atoms. The van der Waals surface area contributed by atoms with Gasteiger partial charge in [-0.25, -0.2) is 0 Å². The molecule has 0 fully saturated rings. The van der Waals surface area contributed by atoms with Crippen LogP contribution < -0.4 is 0 Å². The molecule has 0 N–H and O–H groups in total. The summed E-state index contributed by atoms with van der Waals surface area (Å²) in [6.07, 6.45) is 3.26. The zero-order chi connectivity index (χ0) is 6.27. The molecule has 4 nitrogen and oxygen atoms in total. The third-order valence-corrected chi connectivity index (χ3v) is 1.23. The maximum Gasteiger partial charge on any atom is 0.326 e. The first kappa shape index (κ1) is 4.55. The van der Waals surface area contributed by atoms with E-state index in [0.717, 1.165) is 5.69 Å². The molecule has 0 aliphatic carbocycles. The molecule has 0 saturated heterocycles. The molecule has 0 aromatic carbocycles. The van der Waals surface area contributed by atoms with Crippen molar-refractivity contribution in [2.45, 2.75) is 6.92 Å². The van der Waals surface area contributed by atoms with E-state index in [0.29, 0.717) is 5.84 Å². The fourth-order valence-corrected chi connectivity index (χ4v) is 0.741. The molecule has 0 saturated carbocycles. The van der Waals surface area contributed by atoms with Crippen LogP contribution in [0.15, 0.2) is 17.0 Å². The van der Waals surface area contributed by atoms with Gasteiger partial charge in [0.15, 0.2) is 0 Å². The number of fused-ring (bicyclic) bond motifs is 1. The van der Waals surface area contributed by atoms with Gasteiger partial charge in [-0.1, -0.05) is 5.10 Å². The van der Waals surface area contributed by atoms with Gasteiger partial charge in [-0.2, -0.15) is 0 Å². The van der Waals surface area contributed by atoms with Gasteiger partial charge in [-0.3, -0.25) is 4.40 Å². The minimum absolute atomic E-state index is 0.549. The van der Waals surface area contributed by atoms with Crippen LogP contribution >= 0.6 is 0 Å². The first-order chi connectivity index (χ1) is 4.38. The maximum absolute atomic E-state index is 4.98. The summed E-state index contributed by atoms with van der Waals surface area (Å²) >= 11 is 0. The molecule has 0 aliphatic heterocycles. The zero-order valence-corrected chi connectivity index (χ0v) is 4.90. The lowest BCUT2D eigenvalue weighted by Gasteiger charge is -1.77. The first-order valence-electron chi connectivity index (χ1n) is 2.62. The van der Waals surface area contributed by atoms with Gasteiger partial charge in [0.05, 0.1) is 5.69 Å². The number of rotatable bonds is 0. The van der Waals surface area contributed by atoms with Crippen LogP contribution in [0.4, 0.5) is 0 Å². The van der Waals surface area contributed by atoms with E-state index in [2.05, 4.69) is 10.2 Å². The Balaban J connectivity index is 2.99. The van der Waals surface area contributed by atoms with Crippen molar-refractivity contribution < 1.29 is 4.42 Å². The molecule has 0 spiro atoms. The van der Waals surface area contributed by atoms with Gasteiger partial charge in [-0.15, -0.1) is 5.10 Å². The summed E-state index contributed by atoms with van der Waals surface area (Å²) in [6, 6.07) is 0. The summed E-state index contributed by atoms with van der Waals surface area (Å²) < 4.78 is 6.76. The molecule has 4 heteroatoms. The van der Waals surface area contributed by atoms with Crippen LogP contribution in [0.5, 0.6) is 0 Å². The SMILES string of the molecule is Cc1coc2nncn12. The highest BCUT2D eigenvalue weighted by Gasteiger charge is 1.99. The molecular formula is C5H5N3O. The molecule has 0 atom stereocenters. The van der Waals surface area contributed by atoms with Crippen LogP contribution in [-0.4, -0.2) is 14.6 Å². The van der Waals surface area contributed by atoms with Crippen molar-refractivity contribution in [3.8, 4) is 0 Å². The van der Waals surface area contributed by atoms with E-state index >= 15 is 0 Å². The van der Waals surface area contributed by atoms with Crippen molar-refractivity contribution in [3.05, 3.63) is 18.3 Å². The number of nitrogens with zero attached hydrogens (tertiary/aromatic N) is 3. The van der Waals surface area contributed by atoms with E-state index in [9.17, 15) is 0 Å². The molecule has 0 amide bonds. The summed E-state index contributed by atoms with van der Waals surface area (Å²) in [6.45, 7) is 1.93.